The van der Waals surface area contributed by atoms with Gasteiger partial charge in [-0.3, -0.25) is 4.57 Å². The molecule has 0 spiro atoms. The quantitative estimate of drug-likeness (QED) is 0.478. The van der Waals surface area contributed by atoms with Gasteiger partial charge in [-0.2, -0.15) is 0 Å². The van der Waals surface area contributed by atoms with Gasteiger partial charge in [-0.15, -0.1) is 23.5 Å². The van der Waals surface area contributed by atoms with Crippen LogP contribution < -0.4 is 0 Å². The van der Waals surface area contributed by atoms with Crippen LogP contribution in [0.4, 0.5) is 0 Å². The molecule has 1 nitrogen and oxygen atoms in total. The Morgan fingerprint density at radius 2 is 1.18 bits per heavy atom. The molecular weight excluding hydrogens is 331 g/mol. The first-order valence-corrected chi connectivity index (χ1v) is 12.8. The lowest BCUT2D eigenvalue weighted by Gasteiger charge is -2.14. The van der Waals surface area contributed by atoms with Crippen LogP contribution in [0.2, 0.25) is 0 Å². The van der Waals surface area contributed by atoms with Gasteiger partial charge in [-0.05, 0) is 74.2 Å². The molecular formula is C10H18ClOPS4. The van der Waals surface area contributed by atoms with E-state index in [0.29, 0.717) is 0 Å². The van der Waals surface area contributed by atoms with Crippen LogP contribution in [-0.4, -0.2) is 12.5 Å². The van der Waals surface area contributed by atoms with Crippen LogP contribution >= 0.6 is 62.4 Å². The smallest absolute Gasteiger partial charge is 0.282 e. The molecule has 0 unspecified atom stereocenters. The molecule has 0 aliphatic rings. The highest BCUT2D eigenvalue weighted by atomic mass is 35.7. The highest BCUT2D eigenvalue weighted by Gasteiger charge is 2.25. The average Bonchev–Trinajstić information content (AvgIpc) is 2.22. The molecule has 0 rings (SSSR count). The Hall–Kier alpha value is 1.40. The van der Waals surface area contributed by atoms with Crippen molar-refractivity contribution in [2.24, 2.45) is 0 Å². The van der Waals surface area contributed by atoms with Gasteiger partial charge in [0.15, 0.2) is 0 Å². The van der Waals surface area contributed by atoms with Gasteiger partial charge in [-0.1, -0.05) is 11.1 Å². The van der Waals surface area contributed by atoms with E-state index in [1.165, 1.54) is 22.8 Å². The first kappa shape index (κ1) is 18.4. The van der Waals surface area contributed by atoms with Crippen LogP contribution in [0.1, 0.15) is 27.7 Å². The summed E-state index contributed by atoms with van der Waals surface area (Å²) in [4.78, 5) is -2.80. The fraction of sp³-hybridized carbons (Fsp3) is 0.600. The number of allylic oxidation sites excluding steroid dienone is 2. The molecule has 17 heavy (non-hydrogen) atoms. The van der Waals surface area contributed by atoms with E-state index < -0.39 is 4.90 Å². The Balaban J connectivity index is 4.89. The zero-order valence-electron chi connectivity index (χ0n) is 10.9. The summed E-state index contributed by atoms with van der Waals surface area (Å²) in [5.41, 5.74) is 2.32. The summed E-state index contributed by atoms with van der Waals surface area (Å²) < 4.78 is 14.5. The molecule has 0 N–H and O–H groups in total. The van der Waals surface area contributed by atoms with Crippen molar-refractivity contribution in [1.29, 1.82) is 0 Å². The molecule has 7 heteroatoms. The van der Waals surface area contributed by atoms with Crippen molar-refractivity contribution in [1.82, 2.24) is 0 Å². The number of hydrogen-bond acceptors (Lipinski definition) is 5. The van der Waals surface area contributed by atoms with E-state index in [-0.39, 0.29) is 0 Å². The van der Waals surface area contributed by atoms with Crippen molar-refractivity contribution >= 4 is 62.4 Å². The van der Waals surface area contributed by atoms with Gasteiger partial charge in [0.25, 0.3) is 4.90 Å². The largest absolute Gasteiger partial charge is 0.285 e. The SMILES string of the molecule is CSC(SP(=O)(Cl)SC(SC)=C(C)C)=C(C)C. The molecule has 0 heterocycles. The zero-order chi connectivity index (χ0) is 13.6. The lowest BCUT2D eigenvalue weighted by Crippen LogP contribution is -1.75. The molecule has 0 bridgehead atoms. The van der Waals surface area contributed by atoms with Gasteiger partial charge < -0.3 is 0 Å². The topological polar surface area (TPSA) is 17.1 Å². The number of halogens is 1. The van der Waals surface area contributed by atoms with E-state index in [1.54, 1.807) is 23.5 Å². The van der Waals surface area contributed by atoms with Gasteiger partial charge in [0.05, 0.1) is 0 Å². The Kier molecular flexibility index (Phi) is 9.25. The first-order chi connectivity index (χ1) is 7.73. The average molecular weight is 349 g/mol. The van der Waals surface area contributed by atoms with Crippen molar-refractivity contribution < 1.29 is 4.57 Å². The van der Waals surface area contributed by atoms with Gasteiger partial charge in [0.1, 0.15) is 0 Å². The van der Waals surface area contributed by atoms with Crippen LogP contribution in [0.3, 0.4) is 0 Å². The second-order valence-corrected chi connectivity index (χ2v) is 15.3. The van der Waals surface area contributed by atoms with Gasteiger partial charge in [0.2, 0.25) is 0 Å². The van der Waals surface area contributed by atoms with Crippen LogP contribution in [0.15, 0.2) is 19.6 Å². The third-order valence-corrected chi connectivity index (χ3v) is 11.9. The van der Waals surface area contributed by atoms with Gasteiger partial charge >= 0.3 is 0 Å². The predicted octanol–water partition coefficient (Wildman–Crippen LogP) is 7.03. The molecule has 0 radical (unpaired) electrons. The Bertz CT molecular complexity index is 339. The van der Waals surface area contributed by atoms with E-state index in [1.807, 2.05) is 40.2 Å². The molecule has 100 valence electrons. The third kappa shape index (κ3) is 7.54. The summed E-state index contributed by atoms with van der Waals surface area (Å²) in [6, 6.07) is 0. The minimum Gasteiger partial charge on any atom is -0.282 e. The summed E-state index contributed by atoms with van der Waals surface area (Å²) in [6.45, 7) is 8.04. The monoisotopic (exact) mass is 348 g/mol. The van der Waals surface area contributed by atoms with Crippen molar-refractivity contribution in [3.8, 4) is 0 Å². The molecule has 0 saturated heterocycles. The summed E-state index contributed by atoms with van der Waals surface area (Å²) in [5, 5.41) is 0. The second kappa shape index (κ2) is 8.55. The minimum atomic E-state index is -2.80. The predicted molar refractivity (Wildman–Crippen MR) is 92.4 cm³/mol. The fourth-order valence-corrected chi connectivity index (χ4v) is 13.2. The van der Waals surface area contributed by atoms with E-state index in [0.717, 1.165) is 19.6 Å². The van der Waals surface area contributed by atoms with E-state index in [4.69, 9.17) is 11.2 Å². The minimum absolute atomic E-state index is 1.05. The molecule has 0 aromatic rings. The Labute approximate surface area is 126 Å². The highest BCUT2D eigenvalue weighted by Crippen LogP contribution is 2.79. The zero-order valence-corrected chi connectivity index (χ0v) is 15.8. The first-order valence-electron chi connectivity index (χ1n) is 4.85. The number of thioether (sulfide) groups is 2. The number of rotatable bonds is 6. The third-order valence-electron chi connectivity index (χ3n) is 1.57. The van der Waals surface area contributed by atoms with E-state index >= 15 is 0 Å². The summed E-state index contributed by atoms with van der Waals surface area (Å²) in [5.74, 6) is 0. The Morgan fingerprint density at radius 1 is 0.882 bits per heavy atom. The molecule has 0 aliphatic carbocycles. The van der Waals surface area contributed by atoms with Crippen LogP contribution in [0.5, 0.6) is 0 Å². The molecule has 0 aromatic heterocycles. The van der Waals surface area contributed by atoms with E-state index in [9.17, 15) is 4.57 Å². The molecule has 0 fully saturated rings. The summed E-state index contributed by atoms with van der Waals surface area (Å²) in [7, 11) is 0. The normalized spacial score (nSPS) is 11.2. The lowest BCUT2D eigenvalue weighted by atomic mass is 10.4. The number of hydrogen-bond donors (Lipinski definition) is 0. The second-order valence-electron chi connectivity index (χ2n) is 3.60. The lowest BCUT2D eigenvalue weighted by molar-refractivity contribution is 0.601. The van der Waals surface area contributed by atoms with Crippen LogP contribution in [0.25, 0.3) is 0 Å². The molecule has 0 amide bonds. The van der Waals surface area contributed by atoms with Crippen molar-refractivity contribution in [2.45, 2.75) is 27.7 Å². The fourth-order valence-electron chi connectivity index (χ4n) is 0.882. The maximum absolute atomic E-state index is 12.4. The van der Waals surface area contributed by atoms with Crippen molar-refractivity contribution in [2.75, 3.05) is 12.5 Å². The summed E-state index contributed by atoms with van der Waals surface area (Å²) >= 11 is 11.9. The maximum atomic E-state index is 12.4. The standard InChI is InChI=1S/C10H18ClOPS4/c1-7(2)9(14-5)16-13(11,12)17-10(15-6)8(3)4/h1-6H3. The summed E-state index contributed by atoms with van der Waals surface area (Å²) in [6.07, 6.45) is 3.96. The highest BCUT2D eigenvalue weighted by molar-refractivity contribution is 8.99. The van der Waals surface area contributed by atoms with Crippen LogP contribution in [-0.2, 0) is 4.57 Å². The maximum Gasteiger partial charge on any atom is 0.285 e. The van der Waals surface area contributed by atoms with Crippen molar-refractivity contribution in [3.63, 3.8) is 0 Å². The Morgan fingerprint density at radius 3 is 1.35 bits per heavy atom. The molecule has 0 aliphatic heterocycles. The van der Waals surface area contributed by atoms with Gasteiger partial charge in [0, 0.05) is 8.47 Å². The van der Waals surface area contributed by atoms with Gasteiger partial charge in [-0.25, -0.2) is 0 Å². The molecule has 0 saturated carbocycles. The molecule has 0 atom stereocenters. The van der Waals surface area contributed by atoms with Crippen molar-refractivity contribution in [3.05, 3.63) is 19.6 Å². The van der Waals surface area contributed by atoms with E-state index in [2.05, 4.69) is 0 Å². The van der Waals surface area contributed by atoms with Crippen LogP contribution in [0, 0.1) is 0 Å². The molecule has 0 aromatic carbocycles.